The average molecular weight is 387 g/mol. The van der Waals surface area contributed by atoms with Gasteiger partial charge >= 0.3 is 0 Å². The lowest BCUT2D eigenvalue weighted by Gasteiger charge is -2.29. The molecule has 1 atom stereocenters. The summed E-state index contributed by atoms with van der Waals surface area (Å²) in [4.78, 5) is 24.1. The number of carbonyl (C=O) groups is 2. The van der Waals surface area contributed by atoms with Gasteiger partial charge in [0.15, 0.2) is 0 Å². The largest absolute Gasteiger partial charge is 0.490 e. The van der Waals surface area contributed by atoms with E-state index >= 15 is 0 Å². The van der Waals surface area contributed by atoms with E-state index in [0.717, 1.165) is 0 Å². The van der Waals surface area contributed by atoms with Crippen LogP contribution in [-0.2, 0) is 4.79 Å². The van der Waals surface area contributed by atoms with Gasteiger partial charge in [0.2, 0.25) is 0 Å². The topological polar surface area (TPSA) is 114 Å². The van der Waals surface area contributed by atoms with Gasteiger partial charge in [-0.15, -0.1) is 0 Å². The molecule has 0 aliphatic heterocycles. The number of hydrogen-bond donors (Lipinski definition) is 4. The summed E-state index contributed by atoms with van der Waals surface area (Å²) >= 11 is 0. The van der Waals surface area contributed by atoms with Crippen molar-refractivity contribution in [1.82, 2.24) is 10.8 Å². The highest BCUT2D eigenvalue weighted by Gasteiger charge is 2.33. The average Bonchev–Trinajstić information content (AvgIpc) is 2.60. The molecule has 1 rings (SSSR count). The Kier molecular flexibility index (Phi) is 8.23. The number of nitrogens with two attached hydrogens (primary N) is 1. The predicted molar refractivity (Wildman–Crippen MR) is 108 cm³/mol. The maximum Gasteiger partial charge on any atom is 0.267 e. The Morgan fingerprint density at radius 3 is 2.32 bits per heavy atom. The zero-order valence-electron chi connectivity index (χ0n) is 17.0. The summed E-state index contributed by atoms with van der Waals surface area (Å²) in [7, 11) is 0. The summed E-state index contributed by atoms with van der Waals surface area (Å²) < 4.78 is 5.56. The molecule has 0 aromatic heterocycles. The van der Waals surface area contributed by atoms with Crippen molar-refractivity contribution in [3.05, 3.63) is 42.0 Å². The summed E-state index contributed by atoms with van der Waals surface area (Å²) in [5.74, 6) is 5.36. The standard InChI is InChI=1S/C21H29N3O4/c1-20(2,3)13-7-6-8-14-28-16-11-9-15(10-12-16)18(25)23-17(19(26)24-27)21(4,5)22/h6,8-12,17,27H,14,22H2,1-5H3,(H,23,25)(H,24,26)/b8-6+/t17-/m1/s1. The minimum Gasteiger partial charge on any atom is -0.490 e. The van der Waals surface area contributed by atoms with E-state index in [9.17, 15) is 9.59 Å². The third kappa shape index (κ3) is 8.25. The first-order valence-electron chi connectivity index (χ1n) is 8.88. The van der Waals surface area contributed by atoms with Gasteiger partial charge in [0.1, 0.15) is 18.4 Å². The van der Waals surface area contributed by atoms with Crippen molar-refractivity contribution in [2.24, 2.45) is 11.1 Å². The van der Waals surface area contributed by atoms with Gasteiger partial charge in [-0.1, -0.05) is 11.8 Å². The molecule has 1 aromatic rings. The second-order valence-corrected chi connectivity index (χ2v) is 7.96. The van der Waals surface area contributed by atoms with Crippen molar-refractivity contribution < 1.29 is 19.5 Å². The Bertz CT molecular complexity index is 760. The Morgan fingerprint density at radius 2 is 1.82 bits per heavy atom. The monoisotopic (exact) mass is 387 g/mol. The highest BCUT2D eigenvalue weighted by atomic mass is 16.5. The highest BCUT2D eigenvalue weighted by Crippen LogP contribution is 2.14. The summed E-state index contributed by atoms with van der Waals surface area (Å²) in [5.41, 5.74) is 6.64. The summed E-state index contributed by atoms with van der Waals surface area (Å²) in [5, 5.41) is 11.3. The van der Waals surface area contributed by atoms with Gasteiger partial charge < -0.3 is 15.8 Å². The third-order valence-corrected chi connectivity index (χ3v) is 3.50. The molecule has 0 aliphatic rings. The fourth-order valence-corrected chi connectivity index (χ4v) is 2.08. The number of benzene rings is 1. The molecule has 5 N–H and O–H groups in total. The van der Waals surface area contributed by atoms with Crippen LogP contribution in [0.1, 0.15) is 45.0 Å². The SMILES string of the molecule is CC(C)(C)C#C/C=C/COc1ccc(C(=O)N[C@H](C(=O)NO)C(C)(C)N)cc1. The normalized spacial score (nSPS) is 12.7. The molecule has 1 aromatic carbocycles. The van der Waals surface area contributed by atoms with E-state index < -0.39 is 23.4 Å². The van der Waals surface area contributed by atoms with Crippen molar-refractivity contribution in [2.45, 2.75) is 46.2 Å². The van der Waals surface area contributed by atoms with E-state index in [1.807, 2.05) is 20.8 Å². The molecule has 0 aliphatic carbocycles. The van der Waals surface area contributed by atoms with Crippen molar-refractivity contribution in [1.29, 1.82) is 0 Å². The Balaban J connectivity index is 2.66. The van der Waals surface area contributed by atoms with Crippen LogP contribution in [0.5, 0.6) is 5.75 Å². The first-order chi connectivity index (χ1) is 12.9. The molecule has 0 radical (unpaired) electrons. The summed E-state index contributed by atoms with van der Waals surface area (Å²) in [6, 6.07) is 5.35. The fourth-order valence-electron chi connectivity index (χ4n) is 2.08. The number of ether oxygens (including phenoxy) is 1. The van der Waals surface area contributed by atoms with Crippen molar-refractivity contribution in [2.75, 3.05) is 6.61 Å². The minimum absolute atomic E-state index is 0.0441. The molecule has 28 heavy (non-hydrogen) atoms. The number of amides is 2. The van der Waals surface area contributed by atoms with Crippen LogP contribution in [0.15, 0.2) is 36.4 Å². The second-order valence-electron chi connectivity index (χ2n) is 7.96. The van der Waals surface area contributed by atoms with E-state index in [-0.39, 0.29) is 5.41 Å². The highest BCUT2D eigenvalue weighted by molar-refractivity contribution is 5.97. The number of carbonyl (C=O) groups excluding carboxylic acids is 2. The van der Waals surface area contributed by atoms with E-state index in [1.54, 1.807) is 50.3 Å². The van der Waals surface area contributed by atoms with Gasteiger partial charge in [-0.05, 0) is 71.0 Å². The molecule has 0 spiro atoms. The summed E-state index contributed by atoms with van der Waals surface area (Å²) in [6.45, 7) is 9.61. The number of allylic oxidation sites excluding steroid dienone is 1. The van der Waals surface area contributed by atoms with Crippen LogP contribution in [0.2, 0.25) is 0 Å². The third-order valence-electron chi connectivity index (χ3n) is 3.50. The van der Waals surface area contributed by atoms with Crippen LogP contribution in [0, 0.1) is 17.3 Å². The van der Waals surface area contributed by atoms with Crippen LogP contribution in [-0.4, -0.2) is 35.2 Å². The fraction of sp³-hybridized carbons (Fsp3) is 0.429. The molecule has 152 valence electrons. The maximum absolute atomic E-state index is 12.4. The van der Waals surface area contributed by atoms with Gasteiger partial charge in [-0.3, -0.25) is 14.8 Å². The van der Waals surface area contributed by atoms with E-state index in [2.05, 4.69) is 17.2 Å². The molecule has 0 unspecified atom stereocenters. The maximum atomic E-state index is 12.4. The first kappa shape index (κ1) is 23.2. The molecule has 0 fully saturated rings. The lowest BCUT2D eigenvalue weighted by atomic mass is 9.95. The van der Waals surface area contributed by atoms with Crippen molar-refractivity contribution in [3.8, 4) is 17.6 Å². The number of hydroxylamine groups is 1. The van der Waals surface area contributed by atoms with Crippen LogP contribution >= 0.6 is 0 Å². The quantitative estimate of drug-likeness (QED) is 0.325. The van der Waals surface area contributed by atoms with Crippen molar-refractivity contribution >= 4 is 11.8 Å². The van der Waals surface area contributed by atoms with Crippen LogP contribution < -0.4 is 21.3 Å². The predicted octanol–water partition coefficient (Wildman–Crippen LogP) is 2.01. The number of hydrogen-bond acceptors (Lipinski definition) is 5. The van der Waals surface area contributed by atoms with E-state index in [0.29, 0.717) is 17.9 Å². The zero-order valence-corrected chi connectivity index (χ0v) is 17.0. The van der Waals surface area contributed by atoms with E-state index in [4.69, 9.17) is 15.7 Å². The smallest absolute Gasteiger partial charge is 0.267 e. The molecule has 0 saturated heterocycles. The first-order valence-corrected chi connectivity index (χ1v) is 8.88. The van der Waals surface area contributed by atoms with Crippen LogP contribution in [0.4, 0.5) is 0 Å². The molecule has 2 amide bonds. The molecule has 7 nitrogen and oxygen atoms in total. The van der Waals surface area contributed by atoms with Gasteiger partial charge in [-0.2, -0.15) is 0 Å². The minimum atomic E-state index is -1.10. The Hall–Kier alpha value is -2.82. The van der Waals surface area contributed by atoms with Crippen LogP contribution in [0.3, 0.4) is 0 Å². The van der Waals surface area contributed by atoms with Gasteiger partial charge in [0, 0.05) is 16.5 Å². The number of nitrogens with one attached hydrogen (secondary N) is 2. The Labute approximate surface area is 166 Å². The zero-order chi connectivity index (χ0) is 21.4. The van der Waals surface area contributed by atoms with Gasteiger partial charge in [0.25, 0.3) is 11.8 Å². The molecule has 0 heterocycles. The lowest BCUT2D eigenvalue weighted by Crippen LogP contribution is -2.61. The molecule has 7 heteroatoms. The van der Waals surface area contributed by atoms with E-state index in [1.165, 1.54) is 5.48 Å². The summed E-state index contributed by atoms with van der Waals surface area (Å²) in [6.07, 6.45) is 3.55. The Morgan fingerprint density at radius 1 is 1.21 bits per heavy atom. The molecule has 0 bridgehead atoms. The molecular formula is C21H29N3O4. The van der Waals surface area contributed by atoms with Crippen molar-refractivity contribution in [3.63, 3.8) is 0 Å². The van der Waals surface area contributed by atoms with Gasteiger partial charge in [-0.25, -0.2) is 5.48 Å². The van der Waals surface area contributed by atoms with Gasteiger partial charge in [0.05, 0.1) is 0 Å². The second kappa shape index (κ2) is 9.93. The lowest BCUT2D eigenvalue weighted by molar-refractivity contribution is -0.132. The molecule has 0 saturated carbocycles. The number of rotatable bonds is 7. The molecular weight excluding hydrogens is 358 g/mol. The van der Waals surface area contributed by atoms with Crippen LogP contribution in [0.25, 0.3) is 0 Å².